The van der Waals surface area contributed by atoms with Gasteiger partial charge in [0.1, 0.15) is 0 Å². The van der Waals surface area contributed by atoms with E-state index in [0.717, 1.165) is 0 Å². The number of hydrogen-bond donors (Lipinski definition) is 0. The first kappa shape index (κ1) is 17.6. The van der Waals surface area contributed by atoms with E-state index < -0.39 is 35.7 Å². The van der Waals surface area contributed by atoms with E-state index in [-0.39, 0.29) is 0 Å². The summed E-state index contributed by atoms with van der Waals surface area (Å²) in [5.41, 5.74) is -7.97. The Bertz CT molecular complexity index is 365. The molecule has 0 aromatic heterocycles. The zero-order valence-electron chi connectivity index (χ0n) is 8.93. The second-order valence-corrected chi connectivity index (χ2v) is 3.34. The topological polar surface area (TPSA) is 26.3 Å². The normalized spacial score (nSPS) is 14.2. The lowest BCUT2D eigenvalue weighted by Crippen LogP contribution is -2.65. The van der Waals surface area contributed by atoms with Gasteiger partial charge in [0.25, 0.3) is 0 Å². The Morgan fingerprint density at radius 2 is 1.21 bits per heavy atom. The Hall–Kier alpha value is -1.42. The van der Waals surface area contributed by atoms with Crippen molar-refractivity contribution in [3.8, 4) is 0 Å². The molecule has 0 radical (unpaired) electrons. The van der Waals surface area contributed by atoms with Gasteiger partial charge in [-0.25, -0.2) is 9.18 Å². The highest BCUT2D eigenvalue weighted by atomic mass is 19.4. The van der Waals surface area contributed by atoms with E-state index in [0.29, 0.717) is 6.92 Å². The summed E-state index contributed by atoms with van der Waals surface area (Å²) in [5.74, 6) is -2.31. The van der Waals surface area contributed by atoms with Crippen molar-refractivity contribution in [2.45, 2.75) is 31.1 Å². The average Bonchev–Trinajstić information content (AvgIpc) is 2.11. The van der Waals surface area contributed by atoms with Crippen molar-refractivity contribution in [1.82, 2.24) is 0 Å². The number of carbonyl (C=O) groups is 1. The number of alkyl halides is 9. The van der Waals surface area contributed by atoms with Crippen LogP contribution in [0.4, 0.5) is 39.5 Å². The first-order chi connectivity index (χ1) is 8.08. The molecule has 0 spiro atoms. The van der Waals surface area contributed by atoms with Gasteiger partial charge >= 0.3 is 30.1 Å². The zero-order valence-corrected chi connectivity index (χ0v) is 8.93. The lowest BCUT2D eigenvalue weighted by Gasteiger charge is -2.34. The van der Waals surface area contributed by atoms with E-state index in [1.54, 1.807) is 0 Å². The highest BCUT2D eigenvalue weighted by molar-refractivity contribution is 5.87. The Morgan fingerprint density at radius 3 is 1.42 bits per heavy atom. The molecule has 0 atom stereocenters. The standard InChI is InChI=1S/C8H5F9O2/c1-3(2)4(18)19-8(16,17)5(9,6(10,11)12)7(13,14)15/h1H2,2H3. The molecule has 19 heavy (non-hydrogen) atoms. The van der Waals surface area contributed by atoms with Crippen LogP contribution in [0.3, 0.4) is 0 Å². The van der Waals surface area contributed by atoms with Gasteiger partial charge < -0.3 is 4.74 Å². The highest BCUT2D eigenvalue weighted by Crippen LogP contribution is 2.55. The lowest BCUT2D eigenvalue weighted by atomic mass is 10.0. The summed E-state index contributed by atoms with van der Waals surface area (Å²) in [7, 11) is 0. The van der Waals surface area contributed by atoms with Crippen molar-refractivity contribution < 1.29 is 49.0 Å². The molecule has 0 fully saturated rings. The summed E-state index contributed by atoms with van der Waals surface area (Å²) in [6, 6.07) is 0. The summed E-state index contributed by atoms with van der Waals surface area (Å²) in [6.45, 7) is 3.32. The zero-order chi connectivity index (χ0) is 15.9. The van der Waals surface area contributed by atoms with Crippen molar-refractivity contribution >= 4 is 5.97 Å². The number of ether oxygens (including phenoxy) is 1. The molecule has 0 aliphatic heterocycles. The molecule has 0 bridgehead atoms. The highest BCUT2D eigenvalue weighted by Gasteiger charge is 2.86. The SMILES string of the molecule is C=C(C)C(=O)OC(F)(F)C(F)(C(F)(F)F)C(F)(F)F. The molecule has 11 heteroatoms. The predicted molar refractivity (Wildman–Crippen MR) is 41.8 cm³/mol. The molecule has 2 nitrogen and oxygen atoms in total. The van der Waals surface area contributed by atoms with E-state index in [1.165, 1.54) is 0 Å². The maximum atomic E-state index is 12.9. The third kappa shape index (κ3) is 2.95. The van der Waals surface area contributed by atoms with Crippen molar-refractivity contribution in [3.63, 3.8) is 0 Å². The third-order valence-electron chi connectivity index (χ3n) is 1.75. The molecule has 0 saturated heterocycles. The van der Waals surface area contributed by atoms with E-state index in [1.807, 2.05) is 0 Å². The molecule has 0 N–H and O–H groups in total. The number of hydrogen-bond acceptors (Lipinski definition) is 2. The van der Waals surface area contributed by atoms with Crippen LogP contribution in [-0.4, -0.2) is 30.1 Å². The predicted octanol–water partition coefficient (Wildman–Crippen LogP) is 3.53. The number of rotatable bonds is 3. The van der Waals surface area contributed by atoms with Gasteiger partial charge in [-0.15, -0.1) is 0 Å². The minimum atomic E-state index is -7.05. The van der Waals surface area contributed by atoms with Gasteiger partial charge in [-0.3, -0.25) is 0 Å². The van der Waals surface area contributed by atoms with Crippen molar-refractivity contribution in [1.29, 1.82) is 0 Å². The molecule has 0 aliphatic carbocycles. The molecule has 112 valence electrons. The van der Waals surface area contributed by atoms with E-state index in [2.05, 4.69) is 11.3 Å². The Kier molecular flexibility index (Phi) is 4.26. The Labute approximate surface area is 99.4 Å². The van der Waals surface area contributed by atoms with Crippen molar-refractivity contribution in [3.05, 3.63) is 12.2 Å². The Balaban J connectivity index is 5.77. The second-order valence-electron chi connectivity index (χ2n) is 3.34. The monoisotopic (exact) mass is 304 g/mol. The molecular weight excluding hydrogens is 299 g/mol. The van der Waals surface area contributed by atoms with Crippen LogP contribution in [0.1, 0.15) is 6.92 Å². The maximum Gasteiger partial charge on any atom is 0.454 e. The first-order valence-corrected chi connectivity index (χ1v) is 4.17. The molecule has 0 rings (SSSR count). The molecule has 0 amide bonds. The average molecular weight is 304 g/mol. The number of halogens is 9. The fourth-order valence-electron chi connectivity index (χ4n) is 0.765. The van der Waals surface area contributed by atoms with Gasteiger partial charge in [0.05, 0.1) is 0 Å². The molecular formula is C8H5F9O2. The summed E-state index contributed by atoms with van der Waals surface area (Å²) >= 11 is 0. The van der Waals surface area contributed by atoms with Crippen LogP contribution in [0.2, 0.25) is 0 Å². The summed E-state index contributed by atoms with van der Waals surface area (Å²) in [5, 5.41) is 0. The minimum absolute atomic E-state index is 0.666. The quantitative estimate of drug-likeness (QED) is 0.453. The van der Waals surface area contributed by atoms with E-state index >= 15 is 0 Å². The van der Waals surface area contributed by atoms with Gasteiger partial charge in [-0.2, -0.15) is 35.1 Å². The summed E-state index contributed by atoms with van der Waals surface area (Å²) in [6.07, 6.45) is -20.6. The molecule has 0 heterocycles. The fraction of sp³-hybridized carbons (Fsp3) is 0.625. The van der Waals surface area contributed by atoms with Crippen LogP contribution in [0, 0.1) is 0 Å². The summed E-state index contributed by atoms with van der Waals surface area (Å²) in [4.78, 5) is 10.6. The van der Waals surface area contributed by atoms with E-state index in [4.69, 9.17) is 0 Å². The second kappa shape index (κ2) is 4.60. The fourth-order valence-corrected chi connectivity index (χ4v) is 0.765. The van der Waals surface area contributed by atoms with Gasteiger partial charge in [0, 0.05) is 5.57 Å². The number of esters is 1. The van der Waals surface area contributed by atoms with Crippen LogP contribution in [0.15, 0.2) is 12.2 Å². The molecule has 0 saturated carbocycles. The molecule has 0 aliphatic rings. The minimum Gasteiger partial charge on any atom is -0.394 e. The van der Waals surface area contributed by atoms with Crippen molar-refractivity contribution in [2.24, 2.45) is 0 Å². The van der Waals surface area contributed by atoms with Crippen molar-refractivity contribution in [2.75, 3.05) is 0 Å². The van der Waals surface area contributed by atoms with Gasteiger partial charge in [-0.1, -0.05) is 6.58 Å². The molecule has 0 aromatic carbocycles. The number of carbonyl (C=O) groups excluding carboxylic acids is 1. The van der Waals surface area contributed by atoms with Gasteiger partial charge in [0.15, 0.2) is 0 Å². The largest absolute Gasteiger partial charge is 0.454 e. The molecule has 0 unspecified atom stereocenters. The van der Waals surface area contributed by atoms with Gasteiger partial charge in [0.2, 0.25) is 0 Å². The van der Waals surface area contributed by atoms with Crippen LogP contribution in [-0.2, 0) is 9.53 Å². The van der Waals surface area contributed by atoms with Crippen LogP contribution in [0.25, 0.3) is 0 Å². The van der Waals surface area contributed by atoms with Crippen LogP contribution >= 0.6 is 0 Å². The Morgan fingerprint density at radius 1 is 0.895 bits per heavy atom. The molecule has 0 aromatic rings. The van der Waals surface area contributed by atoms with Crippen LogP contribution in [0.5, 0.6) is 0 Å². The van der Waals surface area contributed by atoms with Gasteiger partial charge in [-0.05, 0) is 6.92 Å². The maximum absolute atomic E-state index is 12.9. The first-order valence-electron chi connectivity index (χ1n) is 4.17. The third-order valence-corrected chi connectivity index (χ3v) is 1.75. The smallest absolute Gasteiger partial charge is 0.394 e. The summed E-state index contributed by atoms with van der Waals surface area (Å²) < 4.78 is 113. The lowest BCUT2D eigenvalue weighted by molar-refractivity contribution is -0.439. The van der Waals surface area contributed by atoms with E-state index in [9.17, 15) is 44.3 Å². The van der Waals surface area contributed by atoms with Crippen LogP contribution < -0.4 is 0 Å².